The number of rotatable bonds is 5. The minimum atomic E-state index is -0.233. The first-order valence-electron chi connectivity index (χ1n) is 6.18. The Kier molecular flexibility index (Phi) is 4.25. The first-order valence-corrected chi connectivity index (χ1v) is 6.18. The fraction of sp³-hybridized carbons (Fsp3) is 0.308. The van der Waals surface area contributed by atoms with Crippen molar-refractivity contribution in [1.82, 2.24) is 20.3 Å². The van der Waals surface area contributed by atoms with Crippen molar-refractivity contribution in [2.24, 2.45) is 5.73 Å². The number of hydrogen-bond acceptors (Lipinski definition) is 4. The van der Waals surface area contributed by atoms with E-state index in [4.69, 9.17) is 5.73 Å². The maximum absolute atomic E-state index is 11.8. The Hall–Kier alpha value is -2.21. The second-order valence-corrected chi connectivity index (χ2v) is 4.41. The average Bonchev–Trinajstić information content (AvgIpc) is 2.89. The van der Waals surface area contributed by atoms with Gasteiger partial charge in [0.05, 0.1) is 11.9 Å². The molecule has 100 valence electrons. The molecule has 2 aromatic rings. The Labute approximate surface area is 111 Å². The van der Waals surface area contributed by atoms with Crippen LogP contribution in [0.3, 0.4) is 0 Å². The molecule has 0 aliphatic carbocycles. The molecule has 1 heterocycles. The number of amides is 1. The first-order chi connectivity index (χ1) is 9.16. The fourth-order valence-electron chi connectivity index (χ4n) is 1.58. The van der Waals surface area contributed by atoms with Crippen LogP contribution in [0, 0.1) is 0 Å². The number of benzene rings is 1. The molecule has 1 unspecified atom stereocenters. The summed E-state index contributed by atoms with van der Waals surface area (Å²) in [7, 11) is 0. The van der Waals surface area contributed by atoms with Crippen molar-refractivity contribution in [1.29, 1.82) is 0 Å². The molecular formula is C13H17N5O. The largest absolute Gasteiger partial charge is 0.351 e. The number of carbonyl (C=O) groups excluding carboxylic acids is 1. The zero-order valence-corrected chi connectivity index (χ0v) is 10.8. The van der Waals surface area contributed by atoms with Crippen molar-refractivity contribution in [3.05, 3.63) is 42.2 Å². The molecule has 6 nitrogen and oxygen atoms in total. The number of aromatic nitrogens is 3. The zero-order chi connectivity index (χ0) is 13.7. The Balaban J connectivity index is 1.99. The molecule has 0 bridgehead atoms. The van der Waals surface area contributed by atoms with E-state index < -0.39 is 0 Å². The van der Waals surface area contributed by atoms with Gasteiger partial charge in [-0.25, -0.2) is 4.68 Å². The van der Waals surface area contributed by atoms with E-state index >= 15 is 0 Å². The summed E-state index contributed by atoms with van der Waals surface area (Å²) in [6, 6.07) is 9.58. The molecule has 6 heteroatoms. The van der Waals surface area contributed by atoms with Crippen LogP contribution in [0.4, 0.5) is 0 Å². The summed E-state index contributed by atoms with van der Waals surface area (Å²) in [6.45, 7) is 2.44. The Morgan fingerprint density at radius 2 is 2.16 bits per heavy atom. The molecule has 0 saturated carbocycles. The summed E-state index contributed by atoms with van der Waals surface area (Å²) in [5.74, 6) is -0.233. The topological polar surface area (TPSA) is 85.8 Å². The summed E-state index contributed by atoms with van der Waals surface area (Å²) >= 11 is 0. The van der Waals surface area contributed by atoms with Crippen molar-refractivity contribution >= 4 is 5.91 Å². The summed E-state index contributed by atoms with van der Waals surface area (Å²) in [6.07, 6.45) is 2.34. The Bertz CT molecular complexity index is 535. The van der Waals surface area contributed by atoms with Gasteiger partial charge in [-0.15, -0.1) is 5.10 Å². The first kappa shape index (κ1) is 13.2. The molecular weight excluding hydrogens is 242 g/mol. The third-order valence-electron chi connectivity index (χ3n) is 2.63. The second kappa shape index (κ2) is 6.10. The maximum atomic E-state index is 11.8. The van der Waals surface area contributed by atoms with Gasteiger partial charge < -0.3 is 11.1 Å². The number of nitrogens with zero attached hydrogens (tertiary/aromatic N) is 3. The number of nitrogens with two attached hydrogens (primary N) is 1. The monoisotopic (exact) mass is 259 g/mol. The third kappa shape index (κ3) is 3.62. The van der Waals surface area contributed by atoms with Gasteiger partial charge >= 0.3 is 0 Å². The standard InChI is InChI=1S/C13H17N5O/c1-10(14)7-8-15-13(19)12-9-18(17-16-12)11-5-3-2-4-6-11/h2-6,9-10H,7-8,14H2,1H3,(H,15,19). The highest BCUT2D eigenvalue weighted by Crippen LogP contribution is 2.05. The minimum absolute atomic E-state index is 0.0697. The number of carbonyl (C=O) groups is 1. The van der Waals surface area contributed by atoms with Gasteiger partial charge in [-0.2, -0.15) is 0 Å². The number of nitrogens with one attached hydrogen (secondary N) is 1. The van der Waals surface area contributed by atoms with Gasteiger partial charge in [0, 0.05) is 12.6 Å². The SMILES string of the molecule is CC(N)CCNC(=O)c1cn(-c2ccccc2)nn1. The predicted molar refractivity (Wildman–Crippen MR) is 72.0 cm³/mol. The normalized spacial score (nSPS) is 12.1. The minimum Gasteiger partial charge on any atom is -0.351 e. The van der Waals surface area contributed by atoms with Gasteiger partial charge in [0.2, 0.25) is 0 Å². The smallest absolute Gasteiger partial charge is 0.273 e. The molecule has 0 saturated heterocycles. The van der Waals surface area contributed by atoms with Crippen LogP contribution in [0.5, 0.6) is 0 Å². The van der Waals surface area contributed by atoms with Crippen LogP contribution in [-0.4, -0.2) is 33.5 Å². The van der Waals surface area contributed by atoms with E-state index in [0.717, 1.165) is 12.1 Å². The highest BCUT2D eigenvalue weighted by atomic mass is 16.2. The molecule has 19 heavy (non-hydrogen) atoms. The molecule has 0 aliphatic heterocycles. The van der Waals surface area contributed by atoms with Gasteiger partial charge in [0.25, 0.3) is 5.91 Å². The van der Waals surface area contributed by atoms with Crippen LogP contribution in [0.2, 0.25) is 0 Å². The van der Waals surface area contributed by atoms with Crippen molar-refractivity contribution in [3.63, 3.8) is 0 Å². The molecule has 1 aromatic heterocycles. The lowest BCUT2D eigenvalue weighted by Crippen LogP contribution is -2.29. The van der Waals surface area contributed by atoms with E-state index in [1.54, 1.807) is 10.9 Å². The average molecular weight is 259 g/mol. The van der Waals surface area contributed by atoms with Gasteiger partial charge in [0.1, 0.15) is 0 Å². The molecule has 2 rings (SSSR count). The predicted octanol–water partition coefficient (Wildman–Crippen LogP) is 0.734. The van der Waals surface area contributed by atoms with Crippen LogP contribution in [0.1, 0.15) is 23.8 Å². The van der Waals surface area contributed by atoms with Crippen LogP contribution in [0.15, 0.2) is 36.5 Å². The second-order valence-electron chi connectivity index (χ2n) is 4.41. The third-order valence-corrected chi connectivity index (χ3v) is 2.63. The Morgan fingerprint density at radius 3 is 2.84 bits per heavy atom. The van der Waals surface area contributed by atoms with Gasteiger partial charge in [-0.05, 0) is 25.5 Å². The summed E-state index contributed by atoms with van der Waals surface area (Å²) in [4.78, 5) is 11.8. The van der Waals surface area contributed by atoms with E-state index in [0.29, 0.717) is 12.2 Å². The van der Waals surface area contributed by atoms with E-state index in [1.165, 1.54) is 0 Å². The molecule has 0 aliphatic rings. The lowest BCUT2D eigenvalue weighted by molar-refractivity contribution is 0.0947. The van der Waals surface area contributed by atoms with E-state index in [-0.39, 0.29) is 11.9 Å². The lowest BCUT2D eigenvalue weighted by Gasteiger charge is -2.05. The molecule has 0 radical (unpaired) electrons. The summed E-state index contributed by atoms with van der Waals surface area (Å²) in [5.41, 5.74) is 6.78. The van der Waals surface area contributed by atoms with Crippen molar-refractivity contribution in [2.45, 2.75) is 19.4 Å². The van der Waals surface area contributed by atoms with Crippen LogP contribution < -0.4 is 11.1 Å². The molecule has 3 N–H and O–H groups in total. The maximum Gasteiger partial charge on any atom is 0.273 e. The Morgan fingerprint density at radius 1 is 1.42 bits per heavy atom. The zero-order valence-electron chi connectivity index (χ0n) is 10.8. The van der Waals surface area contributed by atoms with Gasteiger partial charge in [-0.3, -0.25) is 4.79 Å². The molecule has 1 atom stereocenters. The molecule has 0 fully saturated rings. The summed E-state index contributed by atoms with van der Waals surface area (Å²) < 4.78 is 1.57. The van der Waals surface area contributed by atoms with E-state index in [2.05, 4.69) is 15.6 Å². The van der Waals surface area contributed by atoms with Gasteiger partial charge in [-0.1, -0.05) is 23.4 Å². The van der Waals surface area contributed by atoms with Gasteiger partial charge in [0.15, 0.2) is 5.69 Å². The van der Waals surface area contributed by atoms with E-state index in [1.807, 2.05) is 37.3 Å². The number of hydrogen-bond donors (Lipinski definition) is 2. The van der Waals surface area contributed by atoms with E-state index in [9.17, 15) is 4.79 Å². The molecule has 1 aromatic carbocycles. The van der Waals surface area contributed by atoms with Crippen molar-refractivity contribution in [2.75, 3.05) is 6.54 Å². The summed E-state index contributed by atoms with van der Waals surface area (Å²) in [5, 5.41) is 10.6. The molecule has 1 amide bonds. The lowest BCUT2D eigenvalue weighted by atomic mass is 10.2. The highest BCUT2D eigenvalue weighted by molar-refractivity contribution is 5.91. The molecule has 0 spiro atoms. The highest BCUT2D eigenvalue weighted by Gasteiger charge is 2.10. The van der Waals surface area contributed by atoms with Crippen molar-refractivity contribution in [3.8, 4) is 5.69 Å². The quantitative estimate of drug-likeness (QED) is 0.829. The van der Waals surface area contributed by atoms with Crippen molar-refractivity contribution < 1.29 is 4.79 Å². The fourth-order valence-corrected chi connectivity index (χ4v) is 1.58. The van der Waals surface area contributed by atoms with Crippen LogP contribution >= 0.6 is 0 Å². The van der Waals surface area contributed by atoms with Crippen LogP contribution in [-0.2, 0) is 0 Å². The van der Waals surface area contributed by atoms with Crippen LogP contribution in [0.25, 0.3) is 5.69 Å². The number of para-hydroxylation sites is 1.